The van der Waals surface area contributed by atoms with E-state index in [-0.39, 0.29) is 0 Å². The van der Waals surface area contributed by atoms with E-state index in [9.17, 15) is 0 Å². The minimum absolute atomic E-state index is 0.634. The molecule has 2 heteroatoms. The van der Waals surface area contributed by atoms with Gasteiger partial charge in [0.25, 0.3) is 0 Å². The van der Waals surface area contributed by atoms with E-state index in [1.54, 1.807) is 0 Å². The second-order valence-electron chi connectivity index (χ2n) is 4.47. The average molecular weight is 204 g/mol. The van der Waals surface area contributed by atoms with Crippen LogP contribution in [0.2, 0.25) is 0 Å². The monoisotopic (exact) mass is 204 g/mol. The molecule has 0 spiro atoms. The first-order valence-corrected chi connectivity index (χ1v) is 5.86. The molecule has 1 aromatic rings. The second kappa shape index (κ2) is 4.67. The molecule has 0 unspecified atom stereocenters. The molecule has 1 aliphatic rings. The predicted molar refractivity (Wildman–Crippen MR) is 64.9 cm³/mol. The van der Waals surface area contributed by atoms with Crippen molar-refractivity contribution in [2.75, 3.05) is 5.32 Å². The summed E-state index contributed by atoms with van der Waals surface area (Å²) in [6.07, 6.45) is 5.38. The van der Waals surface area contributed by atoms with Gasteiger partial charge in [0.15, 0.2) is 0 Å². The van der Waals surface area contributed by atoms with Crippen molar-refractivity contribution in [1.82, 2.24) is 0 Å². The van der Waals surface area contributed by atoms with E-state index in [4.69, 9.17) is 5.73 Å². The maximum Gasteiger partial charge on any atom is 0.0345 e. The van der Waals surface area contributed by atoms with Gasteiger partial charge in [0.05, 0.1) is 0 Å². The largest absolute Gasteiger partial charge is 0.382 e. The summed E-state index contributed by atoms with van der Waals surface area (Å²) in [5.74, 6) is 0. The molecule has 0 atom stereocenters. The van der Waals surface area contributed by atoms with Crippen LogP contribution in [0.5, 0.6) is 0 Å². The number of anilines is 1. The van der Waals surface area contributed by atoms with E-state index < -0.39 is 0 Å². The molecule has 0 saturated heterocycles. The van der Waals surface area contributed by atoms with Gasteiger partial charge >= 0.3 is 0 Å². The number of rotatable bonds is 3. The second-order valence-corrected chi connectivity index (χ2v) is 4.47. The molecular weight excluding hydrogens is 184 g/mol. The highest BCUT2D eigenvalue weighted by Crippen LogP contribution is 2.23. The van der Waals surface area contributed by atoms with Crippen LogP contribution in [0.15, 0.2) is 18.2 Å². The van der Waals surface area contributed by atoms with Crippen LogP contribution >= 0.6 is 0 Å². The molecule has 2 nitrogen and oxygen atoms in total. The Hall–Kier alpha value is -1.02. The Labute approximate surface area is 91.9 Å². The molecule has 82 valence electrons. The number of aryl methyl sites for hydroxylation is 1. The number of hydrogen-bond donors (Lipinski definition) is 2. The molecule has 0 amide bonds. The Kier molecular flexibility index (Phi) is 3.27. The van der Waals surface area contributed by atoms with Gasteiger partial charge in [0, 0.05) is 18.3 Å². The molecule has 3 N–H and O–H groups in total. The van der Waals surface area contributed by atoms with Gasteiger partial charge in [-0.1, -0.05) is 18.9 Å². The quantitative estimate of drug-likeness (QED) is 0.794. The molecule has 1 fully saturated rings. The molecule has 1 aromatic carbocycles. The van der Waals surface area contributed by atoms with Crippen LogP contribution in [0.4, 0.5) is 5.69 Å². The fraction of sp³-hybridized carbons (Fsp3) is 0.538. The van der Waals surface area contributed by atoms with Gasteiger partial charge in [0.1, 0.15) is 0 Å². The predicted octanol–water partition coefficient (Wildman–Crippen LogP) is 2.81. The van der Waals surface area contributed by atoms with E-state index in [1.165, 1.54) is 42.5 Å². The van der Waals surface area contributed by atoms with Crippen LogP contribution in [0.3, 0.4) is 0 Å². The summed E-state index contributed by atoms with van der Waals surface area (Å²) >= 11 is 0. The highest BCUT2D eigenvalue weighted by molar-refractivity contribution is 5.49. The van der Waals surface area contributed by atoms with Crippen molar-refractivity contribution in [3.63, 3.8) is 0 Å². The molecule has 1 aliphatic carbocycles. The van der Waals surface area contributed by atoms with Crippen LogP contribution in [-0.4, -0.2) is 6.04 Å². The summed E-state index contributed by atoms with van der Waals surface area (Å²) in [6.45, 7) is 2.76. The number of benzene rings is 1. The first-order valence-electron chi connectivity index (χ1n) is 5.86. The highest BCUT2D eigenvalue weighted by atomic mass is 14.9. The lowest BCUT2D eigenvalue weighted by Crippen LogP contribution is -2.14. The lowest BCUT2D eigenvalue weighted by atomic mass is 10.1. The Balaban J connectivity index is 2.05. The van der Waals surface area contributed by atoms with Crippen LogP contribution in [0, 0.1) is 6.92 Å². The maximum atomic E-state index is 5.64. The smallest absolute Gasteiger partial charge is 0.0345 e. The van der Waals surface area contributed by atoms with Crippen molar-refractivity contribution < 1.29 is 0 Å². The molecule has 1 saturated carbocycles. The Morgan fingerprint density at radius 1 is 1.33 bits per heavy atom. The van der Waals surface area contributed by atoms with Crippen molar-refractivity contribution in [3.8, 4) is 0 Å². The summed E-state index contributed by atoms with van der Waals surface area (Å²) in [7, 11) is 0. The third kappa shape index (κ3) is 2.51. The molecule has 0 aromatic heterocycles. The fourth-order valence-electron chi connectivity index (χ4n) is 2.32. The van der Waals surface area contributed by atoms with Crippen LogP contribution in [0.25, 0.3) is 0 Å². The molecule has 15 heavy (non-hydrogen) atoms. The van der Waals surface area contributed by atoms with Crippen molar-refractivity contribution in [2.24, 2.45) is 5.73 Å². The lowest BCUT2D eigenvalue weighted by molar-refractivity contribution is 0.755. The highest BCUT2D eigenvalue weighted by Gasteiger charge is 2.14. The third-order valence-electron chi connectivity index (χ3n) is 3.29. The van der Waals surface area contributed by atoms with Crippen molar-refractivity contribution in [2.45, 2.75) is 45.2 Å². The van der Waals surface area contributed by atoms with Crippen LogP contribution in [-0.2, 0) is 6.54 Å². The number of nitrogens with one attached hydrogen (secondary N) is 1. The van der Waals surface area contributed by atoms with Gasteiger partial charge in [-0.15, -0.1) is 0 Å². The van der Waals surface area contributed by atoms with E-state index in [0.29, 0.717) is 12.6 Å². The Bertz CT molecular complexity index is 327. The Morgan fingerprint density at radius 3 is 2.67 bits per heavy atom. The standard InChI is InChI=1S/C13H20N2/c1-10-8-13(7-6-11(10)9-14)15-12-4-2-3-5-12/h6-8,12,15H,2-5,9,14H2,1H3. The first-order chi connectivity index (χ1) is 7.29. The molecule has 2 rings (SSSR count). The van der Waals surface area contributed by atoms with Crippen molar-refractivity contribution in [1.29, 1.82) is 0 Å². The fourth-order valence-corrected chi connectivity index (χ4v) is 2.32. The van der Waals surface area contributed by atoms with E-state index in [2.05, 4.69) is 30.4 Å². The third-order valence-corrected chi connectivity index (χ3v) is 3.29. The molecular formula is C13H20N2. The molecule has 0 radical (unpaired) electrons. The van der Waals surface area contributed by atoms with Gasteiger partial charge in [-0.05, 0) is 43.0 Å². The maximum absolute atomic E-state index is 5.64. The molecule has 0 heterocycles. The average Bonchev–Trinajstić information content (AvgIpc) is 2.71. The van der Waals surface area contributed by atoms with Gasteiger partial charge in [0.2, 0.25) is 0 Å². The van der Waals surface area contributed by atoms with Crippen LogP contribution < -0.4 is 11.1 Å². The van der Waals surface area contributed by atoms with E-state index in [1.807, 2.05) is 0 Å². The summed E-state index contributed by atoms with van der Waals surface area (Å²) < 4.78 is 0. The summed E-state index contributed by atoms with van der Waals surface area (Å²) in [4.78, 5) is 0. The minimum atomic E-state index is 0.634. The zero-order valence-corrected chi connectivity index (χ0v) is 9.42. The van der Waals surface area contributed by atoms with Gasteiger partial charge in [-0.2, -0.15) is 0 Å². The van der Waals surface area contributed by atoms with Gasteiger partial charge in [-0.3, -0.25) is 0 Å². The molecule has 0 bridgehead atoms. The van der Waals surface area contributed by atoms with E-state index in [0.717, 1.165) is 0 Å². The SMILES string of the molecule is Cc1cc(NC2CCCC2)ccc1CN. The summed E-state index contributed by atoms with van der Waals surface area (Å²) in [5.41, 5.74) is 9.43. The minimum Gasteiger partial charge on any atom is -0.382 e. The lowest BCUT2D eigenvalue weighted by Gasteiger charge is -2.15. The van der Waals surface area contributed by atoms with Gasteiger partial charge in [-0.25, -0.2) is 0 Å². The zero-order chi connectivity index (χ0) is 10.7. The normalized spacial score (nSPS) is 16.9. The summed E-state index contributed by atoms with van der Waals surface area (Å²) in [6, 6.07) is 7.17. The van der Waals surface area contributed by atoms with Crippen molar-refractivity contribution in [3.05, 3.63) is 29.3 Å². The topological polar surface area (TPSA) is 38.0 Å². The molecule has 0 aliphatic heterocycles. The summed E-state index contributed by atoms with van der Waals surface area (Å²) in [5, 5.41) is 3.59. The van der Waals surface area contributed by atoms with Gasteiger partial charge < -0.3 is 11.1 Å². The Morgan fingerprint density at radius 2 is 2.07 bits per heavy atom. The number of hydrogen-bond acceptors (Lipinski definition) is 2. The first kappa shape index (κ1) is 10.5. The zero-order valence-electron chi connectivity index (χ0n) is 9.42. The number of nitrogens with two attached hydrogens (primary N) is 1. The van der Waals surface area contributed by atoms with Crippen molar-refractivity contribution >= 4 is 5.69 Å². The van der Waals surface area contributed by atoms with Crippen LogP contribution in [0.1, 0.15) is 36.8 Å². The van der Waals surface area contributed by atoms with E-state index >= 15 is 0 Å².